The zero-order valence-electron chi connectivity index (χ0n) is 11.0. The first kappa shape index (κ1) is 13.3. The van der Waals surface area contributed by atoms with Crippen molar-refractivity contribution in [1.82, 2.24) is 9.97 Å². The lowest BCUT2D eigenvalue weighted by Gasteiger charge is -2.16. The summed E-state index contributed by atoms with van der Waals surface area (Å²) in [6.07, 6.45) is 5.03. The standard InChI is InChI=1S/C14H17N3O2/c1-18-11-5-10(6-12(7-11)19-2)13(8-15)14-9-16-3-4-17-14/h3-7,9,13H,8,15H2,1-2H3. The Kier molecular flexibility index (Phi) is 4.30. The van der Waals surface area contributed by atoms with Gasteiger partial charge < -0.3 is 15.2 Å². The average Bonchev–Trinajstić information content (AvgIpc) is 2.48. The summed E-state index contributed by atoms with van der Waals surface area (Å²) < 4.78 is 10.5. The normalized spacial score (nSPS) is 11.9. The van der Waals surface area contributed by atoms with Crippen LogP contribution in [-0.4, -0.2) is 30.7 Å². The van der Waals surface area contributed by atoms with E-state index in [1.807, 2.05) is 18.2 Å². The Morgan fingerprint density at radius 2 is 1.79 bits per heavy atom. The zero-order chi connectivity index (χ0) is 13.7. The van der Waals surface area contributed by atoms with Gasteiger partial charge in [0.05, 0.1) is 19.9 Å². The Morgan fingerprint density at radius 3 is 2.26 bits per heavy atom. The van der Waals surface area contributed by atoms with Crippen LogP contribution in [0.3, 0.4) is 0 Å². The molecule has 5 nitrogen and oxygen atoms in total. The van der Waals surface area contributed by atoms with Crippen LogP contribution in [0, 0.1) is 0 Å². The summed E-state index contributed by atoms with van der Waals surface area (Å²) in [5, 5.41) is 0. The molecule has 0 aliphatic rings. The van der Waals surface area contributed by atoms with E-state index in [9.17, 15) is 0 Å². The van der Waals surface area contributed by atoms with Crippen LogP contribution in [0.2, 0.25) is 0 Å². The fraction of sp³-hybridized carbons (Fsp3) is 0.286. The van der Waals surface area contributed by atoms with Crippen molar-refractivity contribution in [2.24, 2.45) is 5.73 Å². The topological polar surface area (TPSA) is 70.3 Å². The summed E-state index contributed by atoms with van der Waals surface area (Å²) in [6.45, 7) is 0.439. The van der Waals surface area contributed by atoms with Crippen LogP contribution in [0.1, 0.15) is 17.2 Å². The highest BCUT2D eigenvalue weighted by atomic mass is 16.5. The monoisotopic (exact) mass is 259 g/mol. The minimum atomic E-state index is -0.0299. The maximum absolute atomic E-state index is 5.87. The molecule has 19 heavy (non-hydrogen) atoms. The van der Waals surface area contributed by atoms with E-state index in [1.165, 1.54) is 0 Å². The molecule has 1 aromatic heterocycles. The van der Waals surface area contributed by atoms with E-state index in [0.717, 1.165) is 22.8 Å². The van der Waals surface area contributed by atoms with Crippen LogP contribution < -0.4 is 15.2 Å². The molecule has 0 saturated heterocycles. The number of hydrogen-bond donors (Lipinski definition) is 1. The molecule has 1 unspecified atom stereocenters. The third kappa shape index (κ3) is 3.00. The van der Waals surface area contributed by atoms with Gasteiger partial charge in [-0.3, -0.25) is 9.97 Å². The molecule has 0 fully saturated rings. The van der Waals surface area contributed by atoms with Crippen LogP contribution in [0.25, 0.3) is 0 Å². The van der Waals surface area contributed by atoms with Crippen molar-refractivity contribution in [3.05, 3.63) is 48.0 Å². The summed E-state index contributed by atoms with van der Waals surface area (Å²) in [6, 6.07) is 5.71. The molecule has 100 valence electrons. The van der Waals surface area contributed by atoms with Gasteiger partial charge >= 0.3 is 0 Å². The van der Waals surface area contributed by atoms with Crippen LogP contribution >= 0.6 is 0 Å². The highest BCUT2D eigenvalue weighted by Gasteiger charge is 2.16. The van der Waals surface area contributed by atoms with Gasteiger partial charge in [0.1, 0.15) is 11.5 Å². The molecule has 0 saturated carbocycles. The van der Waals surface area contributed by atoms with Gasteiger partial charge in [0.15, 0.2) is 0 Å². The Hall–Kier alpha value is -2.14. The Bertz CT molecular complexity index is 509. The maximum atomic E-state index is 5.87. The van der Waals surface area contributed by atoms with Crippen molar-refractivity contribution >= 4 is 0 Å². The van der Waals surface area contributed by atoms with E-state index in [4.69, 9.17) is 15.2 Å². The Morgan fingerprint density at radius 1 is 1.11 bits per heavy atom. The first-order valence-corrected chi connectivity index (χ1v) is 5.97. The number of nitrogens with two attached hydrogens (primary N) is 1. The predicted molar refractivity (Wildman–Crippen MR) is 72.5 cm³/mol. The van der Waals surface area contributed by atoms with Crippen LogP contribution in [-0.2, 0) is 0 Å². The largest absolute Gasteiger partial charge is 0.497 e. The molecule has 0 aliphatic heterocycles. The van der Waals surface area contributed by atoms with Crippen molar-refractivity contribution in [3.8, 4) is 11.5 Å². The molecule has 2 N–H and O–H groups in total. The minimum absolute atomic E-state index is 0.0299. The molecular formula is C14H17N3O2. The average molecular weight is 259 g/mol. The quantitative estimate of drug-likeness (QED) is 0.882. The number of methoxy groups -OCH3 is 2. The van der Waals surface area contributed by atoms with Crippen molar-refractivity contribution in [2.45, 2.75) is 5.92 Å². The number of hydrogen-bond acceptors (Lipinski definition) is 5. The van der Waals surface area contributed by atoms with Gasteiger partial charge in [0.2, 0.25) is 0 Å². The van der Waals surface area contributed by atoms with Crippen LogP contribution in [0.4, 0.5) is 0 Å². The van der Waals surface area contributed by atoms with Gasteiger partial charge in [-0.1, -0.05) is 0 Å². The van der Waals surface area contributed by atoms with Crippen molar-refractivity contribution in [1.29, 1.82) is 0 Å². The van der Waals surface area contributed by atoms with Gasteiger partial charge in [-0.05, 0) is 17.7 Å². The number of benzene rings is 1. The van der Waals surface area contributed by atoms with E-state index in [-0.39, 0.29) is 5.92 Å². The second kappa shape index (κ2) is 6.15. The highest BCUT2D eigenvalue weighted by Crippen LogP contribution is 2.29. The molecule has 2 aromatic rings. The molecule has 1 heterocycles. The van der Waals surface area contributed by atoms with Gasteiger partial charge in [-0.25, -0.2) is 0 Å². The summed E-state index contributed by atoms with van der Waals surface area (Å²) in [4.78, 5) is 8.40. The zero-order valence-corrected chi connectivity index (χ0v) is 11.0. The van der Waals surface area contributed by atoms with E-state index in [0.29, 0.717) is 6.54 Å². The molecule has 0 radical (unpaired) electrons. The molecule has 0 spiro atoms. The third-order valence-electron chi connectivity index (χ3n) is 2.95. The number of ether oxygens (including phenoxy) is 2. The summed E-state index contributed by atoms with van der Waals surface area (Å²) in [5.41, 5.74) is 7.70. The number of nitrogens with zero attached hydrogens (tertiary/aromatic N) is 2. The SMILES string of the molecule is COc1cc(OC)cc(C(CN)c2cnccn2)c1. The van der Waals surface area contributed by atoms with E-state index >= 15 is 0 Å². The third-order valence-corrected chi connectivity index (χ3v) is 2.95. The highest BCUT2D eigenvalue weighted by molar-refractivity contribution is 5.42. The number of aromatic nitrogens is 2. The maximum Gasteiger partial charge on any atom is 0.122 e. The van der Waals surface area contributed by atoms with Gasteiger partial charge in [0, 0.05) is 37.1 Å². The first-order chi connectivity index (χ1) is 9.28. The molecule has 0 amide bonds. The molecule has 0 bridgehead atoms. The fourth-order valence-electron chi connectivity index (χ4n) is 1.95. The van der Waals surface area contributed by atoms with Crippen molar-refractivity contribution in [2.75, 3.05) is 20.8 Å². The lowest BCUT2D eigenvalue weighted by atomic mass is 9.95. The lowest BCUT2D eigenvalue weighted by molar-refractivity contribution is 0.393. The lowest BCUT2D eigenvalue weighted by Crippen LogP contribution is -2.15. The van der Waals surface area contributed by atoms with Crippen molar-refractivity contribution < 1.29 is 9.47 Å². The van der Waals surface area contributed by atoms with Gasteiger partial charge in [0.25, 0.3) is 0 Å². The summed E-state index contributed by atoms with van der Waals surface area (Å²) in [5.74, 6) is 1.44. The van der Waals surface area contributed by atoms with E-state index in [1.54, 1.807) is 32.8 Å². The van der Waals surface area contributed by atoms with Crippen LogP contribution in [0.15, 0.2) is 36.8 Å². The van der Waals surface area contributed by atoms with Crippen LogP contribution in [0.5, 0.6) is 11.5 Å². The second-order valence-electron chi connectivity index (χ2n) is 4.06. The summed E-state index contributed by atoms with van der Waals surface area (Å²) in [7, 11) is 3.25. The Balaban J connectivity index is 2.43. The molecule has 1 aromatic carbocycles. The second-order valence-corrected chi connectivity index (χ2v) is 4.06. The summed E-state index contributed by atoms with van der Waals surface area (Å²) >= 11 is 0. The van der Waals surface area contributed by atoms with E-state index in [2.05, 4.69) is 9.97 Å². The van der Waals surface area contributed by atoms with Crippen molar-refractivity contribution in [3.63, 3.8) is 0 Å². The van der Waals surface area contributed by atoms with E-state index < -0.39 is 0 Å². The molecular weight excluding hydrogens is 242 g/mol. The predicted octanol–water partition coefficient (Wildman–Crippen LogP) is 1.58. The molecule has 0 aliphatic carbocycles. The molecule has 5 heteroatoms. The molecule has 2 rings (SSSR count). The fourth-order valence-corrected chi connectivity index (χ4v) is 1.95. The smallest absolute Gasteiger partial charge is 0.122 e. The first-order valence-electron chi connectivity index (χ1n) is 5.97. The van der Waals surface area contributed by atoms with Gasteiger partial charge in [-0.2, -0.15) is 0 Å². The number of rotatable bonds is 5. The molecule has 1 atom stereocenters. The Labute approximate surface area is 112 Å². The van der Waals surface area contributed by atoms with Gasteiger partial charge in [-0.15, -0.1) is 0 Å². The minimum Gasteiger partial charge on any atom is -0.497 e.